The van der Waals surface area contributed by atoms with Gasteiger partial charge >= 0.3 is 0 Å². The molecule has 4 aliphatic rings. The Bertz CT molecular complexity index is 1100. The first-order chi connectivity index (χ1) is 16.9. The minimum atomic E-state index is 0.125. The number of benzene rings is 1. The molecular formula is C31H41NO3. The number of hydrogen-bond donors (Lipinski definition) is 1. The Hall–Kier alpha value is -1.94. The van der Waals surface area contributed by atoms with E-state index in [1.165, 1.54) is 51.4 Å². The summed E-state index contributed by atoms with van der Waals surface area (Å²) in [6.07, 6.45) is 12.8. The van der Waals surface area contributed by atoms with Crippen molar-refractivity contribution in [3.8, 4) is 5.75 Å². The molecule has 35 heavy (non-hydrogen) atoms. The highest BCUT2D eigenvalue weighted by atomic mass is 16.5. The maximum absolute atomic E-state index is 13.5. The number of Topliss-reactive ketones (excluding diaryl/α,β-unsaturated/α-hetero) is 1. The maximum atomic E-state index is 13.5. The van der Waals surface area contributed by atoms with E-state index in [1.807, 2.05) is 30.3 Å². The van der Waals surface area contributed by atoms with Gasteiger partial charge in [0.15, 0.2) is 5.78 Å². The van der Waals surface area contributed by atoms with Gasteiger partial charge in [-0.25, -0.2) is 0 Å². The zero-order valence-electron chi connectivity index (χ0n) is 21.4. The standard InChI is InChI=1S/C31H41NO3/c1-30-13-11-20(18-33)16-22(30)5-7-24-25-8-9-27(31(25,2)14-12-26(24)30)29(34)19-35-23-6-10-28-21(17-23)4-3-15-32-28/h3-4,6,10,15,17,20,22,24-27,33H,5,7-9,11-14,16,18-19H2,1-2H3/t20-,22-,24-,25-,26-,27+,30-,31-/m0/s1. The summed E-state index contributed by atoms with van der Waals surface area (Å²) in [7, 11) is 0. The van der Waals surface area contributed by atoms with Crippen molar-refractivity contribution in [3.05, 3.63) is 36.5 Å². The second-order valence-corrected chi connectivity index (χ2v) is 12.8. The summed E-state index contributed by atoms with van der Waals surface area (Å²) in [5.41, 5.74) is 1.51. The Morgan fingerprint density at radius 3 is 2.71 bits per heavy atom. The van der Waals surface area contributed by atoms with E-state index in [1.54, 1.807) is 6.20 Å². The van der Waals surface area contributed by atoms with Crippen molar-refractivity contribution in [1.82, 2.24) is 4.98 Å². The first-order valence-corrected chi connectivity index (χ1v) is 14.0. The molecule has 0 radical (unpaired) electrons. The first-order valence-electron chi connectivity index (χ1n) is 14.0. The van der Waals surface area contributed by atoms with Gasteiger partial charge in [-0.1, -0.05) is 19.9 Å². The largest absolute Gasteiger partial charge is 0.486 e. The Labute approximate surface area is 209 Å². The predicted octanol–water partition coefficient (Wildman–Crippen LogP) is 6.45. The van der Waals surface area contributed by atoms with Crippen LogP contribution < -0.4 is 4.74 Å². The molecule has 1 aromatic carbocycles. The van der Waals surface area contributed by atoms with E-state index in [2.05, 4.69) is 18.8 Å². The molecule has 4 saturated carbocycles. The average molecular weight is 476 g/mol. The molecule has 0 amide bonds. The van der Waals surface area contributed by atoms with Gasteiger partial charge in [0.2, 0.25) is 0 Å². The van der Waals surface area contributed by atoms with Gasteiger partial charge < -0.3 is 9.84 Å². The number of carbonyl (C=O) groups is 1. The third-order valence-electron chi connectivity index (χ3n) is 11.4. The molecule has 188 valence electrons. The van der Waals surface area contributed by atoms with E-state index in [0.717, 1.165) is 40.8 Å². The number of aliphatic hydroxyl groups is 1. The Balaban J connectivity index is 1.14. The SMILES string of the molecule is C[C@]12CC[C@H](CO)C[C@@H]1CC[C@@H]1[C@@H]2CC[C@]2(C)[C@@H](C(=O)COc3ccc4ncccc4c3)CC[C@@H]12. The highest BCUT2D eigenvalue weighted by Gasteiger charge is 2.61. The molecule has 0 unspecified atom stereocenters. The van der Waals surface area contributed by atoms with Crippen molar-refractivity contribution >= 4 is 16.7 Å². The average Bonchev–Trinajstić information content (AvgIpc) is 3.24. The highest BCUT2D eigenvalue weighted by Crippen LogP contribution is 2.67. The summed E-state index contributed by atoms with van der Waals surface area (Å²) in [5, 5.41) is 10.8. The quantitative estimate of drug-likeness (QED) is 0.540. The molecule has 1 aromatic heterocycles. The number of ketones is 1. The molecular weight excluding hydrogens is 434 g/mol. The molecule has 0 aliphatic heterocycles. The number of aromatic nitrogens is 1. The minimum absolute atomic E-state index is 0.125. The van der Waals surface area contributed by atoms with Gasteiger partial charge in [0.05, 0.1) is 5.52 Å². The van der Waals surface area contributed by atoms with E-state index in [-0.39, 0.29) is 17.9 Å². The van der Waals surface area contributed by atoms with Crippen LogP contribution in [0.3, 0.4) is 0 Å². The van der Waals surface area contributed by atoms with Crippen molar-refractivity contribution in [2.24, 2.45) is 46.3 Å². The zero-order valence-corrected chi connectivity index (χ0v) is 21.4. The van der Waals surface area contributed by atoms with Crippen LogP contribution in [0.2, 0.25) is 0 Å². The van der Waals surface area contributed by atoms with Gasteiger partial charge in [0, 0.05) is 24.1 Å². The fourth-order valence-corrected chi connectivity index (χ4v) is 9.44. The van der Waals surface area contributed by atoms with Crippen molar-refractivity contribution < 1.29 is 14.6 Å². The van der Waals surface area contributed by atoms with Gasteiger partial charge in [-0.2, -0.15) is 0 Å². The Morgan fingerprint density at radius 1 is 1.03 bits per heavy atom. The monoisotopic (exact) mass is 475 g/mol. The van der Waals surface area contributed by atoms with Crippen LogP contribution in [0.5, 0.6) is 5.75 Å². The topological polar surface area (TPSA) is 59.4 Å². The summed E-state index contributed by atoms with van der Waals surface area (Å²) < 4.78 is 6.03. The lowest BCUT2D eigenvalue weighted by Gasteiger charge is -2.61. The van der Waals surface area contributed by atoms with Crippen LogP contribution in [-0.4, -0.2) is 29.1 Å². The molecule has 8 atom stereocenters. The molecule has 1 N–H and O–H groups in total. The van der Waals surface area contributed by atoms with E-state index in [9.17, 15) is 9.90 Å². The summed E-state index contributed by atoms with van der Waals surface area (Å²) in [6.45, 7) is 5.55. The molecule has 4 heteroatoms. The summed E-state index contributed by atoms with van der Waals surface area (Å²) in [4.78, 5) is 17.9. The number of ether oxygens (including phenoxy) is 1. The number of nitrogens with zero attached hydrogens (tertiary/aromatic N) is 1. The lowest BCUT2D eigenvalue weighted by molar-refractivity contribution is -0.139. The molecule has 4 aliphatic carbocycles. The number of hydrogen-bond acceptors (Lipinski definition) is 4. The maximum Gasteiger partial charge on any atom is 0.173 e. The number of carbonyl (C=O) groups excluding carboxylic acids is 1. The first kappa shape index (κ1) is 23.5. The zero-order chi connectivity index (χ0) is 24.2. The van der Waals surface area contributed by atoms with Gasteiger partial charge in [0.1, 0.15) is 12.4 Å². The number of aliphatic hydroxyl groups excluding tert-OH is 1. The fourth-order valence-electron chi connectivity index (χ4n) is 9.44. The van der Waals surface area contributed by atoms with Gasteiger partial charge in [-0.05, 0) is 122 Å². The molecule has 0 spiro atoms. The fraction of sp³-hybridized carbons (Fsp3) is 0.677. The van der Waals surface area contributed by atoms with Crippen LogP contribution in [-0.2, 0) is 4.79 Å². The van der Waals surface area contributed by atoms with Crippen LogP contribution in [0.25, 0.3) is 10.9 Å². The smallest absolute Gasteiger partial charge is 0.173 e. The molecule has 0 bridgehead atoms. The molecule has 2 aromatic rings. The minimum Gasteiger partial charge on any atom is -0.486 e. The van der Waals surface area contributed by atoms with Crippen molar-refractivity contribution in [3.63, 3.8) is 0 Å². The summed E-state index contributed by atoms with van der Waals surface area (Å²) in [5.74, 6) is 4.73. The predicted molar refractivity (Wildman–Crippen MR) is 138 cm³/mol. The number of rotatable bonds is 5. The lowest BCUT2D eigenvalue weighted by atomic mass is 9.44. The summed E-state index contributed by atoms with van der Waals surface area (Å²) >= 11 is 0. The molecule has 1 heterocycles. The second-order valence-electron chi connectivity index (χ2n) is 12.8. The third-order valence-corrected chi connectivity index (χ3v) is 11.4. The normalized spacial score (nSPS) is 40.5. The second kappa shape index (κ2) is 8.87. The number of pyridine rings is 1. The van der Waals surface area contributed by atoms with E-state index in [4.69, 9.17) is 4.74 Å². The van der Waals surface area contributed by atoms with Crippen molar-refractivity contribution in [2.75, 3.05) is 13.2 Å². The van der Waals surface area contributed by atoms with Gasteiger partial charge in [0.25, 0.3) is 0 Å². The van der Waals surface area contributed by atoms with Crippen molar-refractivity contribution in [1.29, 1.82) is 0 Å². The van der Waals surface area contributed by atoms with E-state index in [0.29, 0.717) is 29.6 Å². The van der Waals surface area contributed by atoms with Gasteiger partial charge in [-0.3, -0.25) is 9.78 Å². The van der Waals surface area contributed by atoms with Crippen LogP contribution in [0.1, 0.15) is 71.6 Å². The molecule has 6 rings (SSSR count). The van der Waals surface area contributed by atoms with Crippen LogP contribution in [0.4, 0.5) is 0 Å². The van der Waals surface area contributed by atoms with E-state index < -0.39 is 0 Å². The van der Waals surface area contributed by atoms with Crippen LogP contribution >= 0.6 is 0 Å². The van der Waals surface area contributed by atoms with Gasteiger partial charge in [-0.15, -0.1) is 0 Å². The van der Waals surface area contributed by atoms with Crippen molar-refractivity contribution in [2.45, 2.75) is 71.6 Å². The van der Waals surface area contributed by atoms with Crippen LogP contribution in [0, 0.1) is 46.3 Å². The number of fused-ring (bicyclic) bond motifs is 6. The Morgan fingerprint density at radius 2 is 1.86 bits per heavy atom. The molecule has 4 nitrogen and oxygen atoms in total. The Kier molecular flexibility index (Phi) is 5.94. The third kappa shape index (κ3) is 3.82. The highest BCUT2D eigenvalue weighted by molar-refractivity contribution is 5.84. The van der Waals surface area contributed by atoms with E-state index >= 15 is 0 Å². The summed E-state index contributed by atoms with van der Waals surface area (Å²) in [6, 6.07) is 9.85. The molecule has 0 saturated heterocycles. The van der Waals surface area contributed by atoms with Crippen LogP contribution in [0.15, 0.2) is 36.5 Å². The molecule has 4 fully saturated rings. The lowest BCUT2D eigenvalue weighted by Crippen LogP contribution is -2.54.